The lowest BCUT2D eigenvalue weighted by molar-refractivity contribution is 0.261. The maximum absolute atomic E-state index is 10.3. The van der Waals surface area contributed by atoms with Crippen molar-refractivity contribution >= 4 is 43.3 Å². The molecule has 0 saturated heterocycles. The highest BCUT2D eigenvalue weighted by Gasteiger charge is 2.26. The first kappa shape index (κ1) is 14.2. The van der Waals surface area contributed by atoms with Crippen LogP contribution in [0.1, 0.15) is 16.7 Å². The molecule has 0 amide bonds. The number of aliphatic hydroxyl groups is 1. The van der Waals surface area contributed by atoms with Gasteiger partial charge in [-0.3, -0.25) is 0 Å². The summed E-state index contributed by atoms with van der Waals surface area (Å²) in [5, 5.41) is 22.8. The SMILES string of the molecule is N#Cc1cc2c(cc1Cl)NC(O)C(c1ccccc1)=C2Br. The van der Waals surface area contributed by atoms with E-state index in [-0.39, 0.29) is 0 Å². The third-order valence-corrected chi connectivity index (χ3v) is 4.52. The summed E-state index contributed by atoms with van der Waals surface area (Å²) in [6.45, 7) is 0. The van der Waals surface area contributed by atoms with Gasteiger partial charge < -0.3 is 10.4 Å². The smallest absolute Gasteiger partial charge is 0.152 e. The first-order valence-corrected chi connectivity index (χ1v) is 7.42. The van der Waals surface area contributed by atoms with Crippen LogP contribution in [-0.4, -0.2) is 11.3 Å². The second-order valence-electron chi connectivity index (χ2n) is 4.63. The second kappa shape index (κ2) is 5.53. The zero-order valence-electron chi connectivity index (χ0n) is 10.8. The lowest BCUT2D eigenvalue weighted by atomic mass is 9.96. The van der Waals surface area contributed by atoms with Crippen molar-refractivity contribution in [2.45, 2.75) is 6.23 Å². The van der Waals surface area contributed by atoms with Crippen LogP contribution in [0.3, 0.4) is 0 Å². The molecule has 21 heavy (non-hydrogen) atoms. The van der Waals surface area contributed by atoms with Gasteiger partial charge in [0.2, 0.25) is 0 Å². The van der Waals surface area contributed by atoms with Gasteiger partial charge in [-0.25, -0.2) is 0 Å². The van der Waals surface area contributed by atoms with Crippen LogP contribution in [-0.2, 0) is 0 Å². The van der Waals surface area contributed by atoms with E-state index in [2.05, 4.69) is 27.3 Å². The van der Waals surface area contributed by atoms with Crippen molar-refractivity contribution in [2.75, 3.05) is 5.32 Å². The Kier molecular flexibility index (Phi) is 3.73. The van der Waals surface area contributed by atoms with E-state index >= 15 is 0 Å². The highest BCUT2D eigenvalue weighted by Crippen LogP contribution is 2.43. The van der Waals surface area contributed by atoms with E-state index in [9.17, 15) is 5.11 Å². The van der Waals surface area contributed by atoms with E-state index in [0.717, 1.165) is 21.2 Å². The Labute approximate surface area is 135 Å². The maximum Gasteiger partial charge on any atom is 0.152 e. The molecule has 0 radical (unpaired) electrons. The number of fused-ring (bicyclic) bond motifs is 1. The number of rotatable bonds is 1. The normalized spacial score (nSPS) is 17.0. The van der Waals surface area contributed by atoms with Crippen LogP contribution in [0.5, 0.6) is 0 Å². The van der Waals surface area contributed by atoms with Gasteiger partial charge in [0.15, 0.2) is 6.23 Å². The summed E-state index contributed by atoms with van der Waals surface area (Å²) in [6.07, 6.45) is -0.849. The number of aliphatic hydroxyl groups excluding tert-OH is 1. The molecule has 3 nitrogen and oxygen atoms in total. The minimum absolute atomic E-state index is 0.361. The summed E-state index contributed by atoms with van der Waals surface area (Å²) < 4.78 is 0.753. The molecular weight excluding hydrogens is 352 g/mol. The topological polar surface area (TPSA) is 56.0 Å². The zero-order chi connectivity index (χ0) is 15.0. The molecular formula is C16H10BrClN2O. The first-order valence-electron chi connectivity index (χ1n) is 6.25. The lowest BCUT2D eigenvalue weighted by Gasteiger charge is -2.27. The summed E-state index contributed by atoms with van der Waals surface area (Å²) in [7, 11) is 0. The highest BCUT2D eigenvalue weighted by molar-refractivity contribution is 9.15. The monoisotopic (exact) mass is 360 g/mol. The zero-order valence-corrected chi connectivity index (χ0v) is 13.1. The Bertz CT molecular complexity index is 781. The molecule has 0 fully saturated rings. The van der Waals surface area contributed by atoms with Crippen LogP contribution in [0.15, 0.2) is 42.5 Å². The number of anilines is 1. The van der Waals surface area contributed by atoms with E-state index in [4.69, 9.17) is 16.9 Å². The Balaban J connectivity index is 2.23. The number of nitrogens with zero attached hydrogens (tertiary/aromatic N) is 1. The Hall–Kier alpha value is -1.80. The highest BCUT2D eigenvalue weighted by atomic mass is 79.9. The molecule has 0 saturated carbocycles. The minimum atomic E-state index is -0.849. The molecule has 2 aromatic rings. The maximum atomic E-state index is 10.3. The third-order valence-electron chi connectivity index (χ3n) is 3.35. The summed E-state index contributed by atoms with van der Waals surface area (Å²) >= 11 is 9.58. The number of nitrogens with one attached hydrogen (secondary N) is 1. The quantitative estimate of drug-likeness (QED) is 0.799. The summed E-state index contributed by atoms with van der Waals surface area (Å²) in [5.74, 6) is 0. The average Bonchev–Trinajstić information content (AvgIpc) is 2.48. The average molecular weight is 362 g/mol. The Morgan fingerprint density at radius 2 is 1.95 bits per heavy atom. The number of hydrogen-bond acceptors (Lipinski definition) is 3. The van der Waals surface area contributed by atoms with Crippen LogP contribution in [0.25, 0.3) is 10.1 Å². The number of nitriles is 1. The van der Waals surface area contributed by atoms with Gasteiger partial charge in [-0.15, -0.1) is 0 Å². The molecule has 1 aliphatic heterocycles. The third kappa shape index (κ3) is 2.44. The number of benzene rings is 2. The predicted octanol–water partition coefficient (Wildman–Crippen LogP) is 4.22. The molecule has 0 aliphatic carbocycles. The largest absolute Gasteiger partial charge is 0.369 e. The molecule has 5 heteroatoms. The van der Waals surface area contributed by atoms with E-state index in [0.29, 0.717) is 16.3 Å². The molecule has 1 heterocycles. The fourth-order valence-electron chi connectivity index (χ4n) is 2.35. The van der Waals surface area contributed by atoms with E-state index in [1.807, 2.05) is 30.3 Å². The van der Waals surface area contributed by atoms with Crippen LogP contribution in [0, 0.1) is 11.3 Å². The Morgan fingerprint density at radius 1 is 1.24 bits per heavy atom. The van der Waals surface area contributed by atoms with Crippen molar-refractivity contribution in [1.29, 1.82) is 5.26 Å². The van der Waals surface area contributed by atoms with E-state index in [1.165, 1.54) is 0 Å². The van der Waals surface area contributed by atoms with Crippen LogP contribution >= 0.6 is 27.5 Å². The number of halogens is 2. The van der Waals surface area contributed by atoms with Crippen molar-refractivity contribution in [3.05, 3.63) is 64.2 Å². The van der Waals surface area contributed by atoms with Crippen molar-refractivity contribution < 1.29 is 5.11 Å². The van der Waals surface area contributed by atoms with Gasteiger partial charge in [0, 0.05) is 21.3 Å². The molecule has 2 N–H and O–H groups in total. The second-order valence-corrected chi connectivity index (χ2v) is 5.83. The van der Waals surface area contributed by atoms with E-state index in [1.54, 1.807) is 12.1 Å². The van der Waals surface area contributed by atoms with Crippen molar-refractivity contribution in [2.24, 2.45) is 0 Å². The van der Waals surface area contributed by atoms with E-state index < -0.39 is 6.23 Å². The summed E-state index contributed by atoms with van der Waals surface area (Å²) in [4.78, 5) is 0. The van der Waals surface area contributed by atoms with Crippen LogP contribution in [0.2, 0.25) is 5.02 Å². The molecule has 0 bridgehead atoms. The van der Waals surface area contributed by atoms with Crippen molar-refractivity contribution in [3.63, 3.8) is 0 Å². The van der Waals surface area contributed by atoms with Gasteiger partial charge in [0.1, 0.15) is 6.07 Å². The molecule has 104 valence electrons. The summed E-state index contributed by atoms with van der Waals surface area (Å²) in [6, 6.07) is 15.0. The van der Waals surface area contributed by atoms with Crippen molar-refractivity contribution in [1.82, 2.24) is 0 Å². The standard InChI is InChI=1S/C16H10BrClN2O/c17-15-11-6-10(8-19)12(18)7-13(11)20-16(21)14(15)9-4-2-1-3-5-9/h1-7,16,20-21H. The summed E-state index contributed by atoms with van der Waals surface area (Å²) in [5.41, 5.74) is 3.54. The first-order chi connectivity index (χ1) is 10.1. The van der Waals surface area contributed by atoms with Crippen LogP contribution < -0.4 is 5.32 Å². The Morgan fingerprint density at radius 3 is 2.62 bits per heavy atom. The molecule has 0 aromatic heterocycles. The number of hydrogen-bond donors (Lipinski definition) is 2. The van der Waals surface area contributed by atoms with Gasteiger partial charge in [-0.1, -0.05) is 41.9 Å². The molecule has 1 unspecified atom stereocenters. The van der Waals surface area contributed by atoms with Gasteiger partial charge in [-0.2, -0.15) is 5.26 Å². The molecule has 3 rings (SSSR count). The van der Waals surface area contributed by atoms with Gasteiger partial charge in [0.25, 0.3) is 0 Å². The minimum Gasteiger partial charge on any atom is -0.369 e. The van der Waals surface area contributed by atoms with Gasteiger partial charge in [-0.05, 0) is 33.6 Å². The molecule has 0 spiro atoms. The fraction of sp³-hybridized carbons (Fsp3) is 0.0625. The van der Waals surface area contributed by atoms with Gasteiger partial charge in [0.05, 0.1) is 10.6 Å². The van der Waals surface area contributed by atoms with Gasteiger partial charge >= 0.3 is 0 Å². The molecule has 1 atom stereocenters. The lowest BCUT2D eigenvalue weighted by Crippen LogP contribution is -2.25. The van der Waals surface area contributed by atoms with Crippen LogP contribution in [0.4, 0.5) is 5.69 Å². The van der Waals surface area contributed by atoms with Crippen molar-refractivity contribution in [3.8, 4) is 6.07 Å². The fourth-order valence-corrected chi connectivity index (χ4v) is 3.33. The molecule has 1 aliphatic rings. The predicted molar refractivity (Wildman–Crippen MR) is 88.0 cm³/mol. The molecule has 2 aromatic carbocycles.